The van der Waals surface area contributed by atoms with Crippen LogP contribution in [0.3, 0.4) is 0 Å². The van der Waals surface area contributed by atoms with E-state index in [0.29, 0.717) is 35.2 Å². The lowest BCUT2D eigenvalue weighted by molar-refractivity contribution is -0.121. The molecule has 6 rings (SSSR count). The number of nitrogens with one attached hydrogen (secondary N) is 1. The Morgan fingerprint density at radius 2 is 2.14 bits per heavy atom. The lowest BCUT2D eigenvalue weighted by Gasteiger charge is -2.13. The average Bonchev–Trinajstić information content (AvgIpc) is 3.55. The van der Waals surface area contributed by atoms with Crippen LogP contribution in [0.2, 0.25) is 0 Å². The monoisotopic (exact) mass is 486 g/mol. The van der Waals surface area contributed by atoms with Crippen molar-refractivity contribution in [3.8, 4) is 0 Å². The maximum absolute atomic E-state index is 13.6. The highest BCUT2D eigenvalue weighted by Gasteiger charge is 2.29. The van der Waals surface area contributed by atoms with E-state index in [9.17, 15) is 9.59 Å². The second kappa shape index (κ2) is 9.37. The molecule has 0 aliphatic heterocycles. The number of nitrogens with zero attached hydrogens (tertiary/aromatic N) is 5. The number of aromatic nitrogens is 5. The van der Waals surface area contributed by atoms with Crippen LogP contribution in [0.5, 0.6) is 0 Å². The van der Waals surface area contributed by atoms with E-state index in [4.69, 9.17) is 4.52 Å². The molecule has 1 amide bonds. The quantitative estimate of drug-likeness (QED) is 0.378. The number of hydrogen-bond donors (Lipinski definition) is 1. The van der Waals surface area contributed by atoms with Crippen LogP contribution in [0.4, 0.5) is 0 Å². The van der Waals surface area contributed by atoms with Crippen molar-refractivity contribution in [2.45, 2.75) is 70.9 Å². The number of amides is 1. The SMILES string of the molecule is Cc1ccc2c(c1)c1ncn(Cc3nc(C4CC4)no3)c(=O)c1n2CC(=O)NCCC1=CCCCC1. The van der Waals surface area contributed by atoms with Gasteiger partial charge in [-0.05, 0) is 64.0 Å². The molecule has 3 aromatic heterocycles. The summed E-state index contributed by atoms with van der Waals surface area (Å²) in [4.78, 5) is 35.7. The zero-order valence-corrected chi connectivity index (χ0v) is 20.5. The Balaban J connectivity index is 1.30. The fourth-order valence-electron chi connectivity index (χ4n) is 5.07. The Labute approximate surface area is 208 Å². The van der Waals surface area contributed by atoms with E-state index < -0.39 is 0 Å². The summed E-state index contributed by atoms with van der Waals surface area (Å²) in [5.41, 5.74) is 4.07. The van der Waals surface area contributed by atoms with E-state index in [1.807, 2.05) is 25.1 Å². The lowest BCUT2D eigenvalue weighted by atomic mass is 9.97. The maximum atomic E-state index is 13.6. The molecule has 4 aromatic rings. The molecule has 0 spiro atoms. The summed E-state index contributed by atoms with van der Waals surface area (Å²) in [7, 11) is 0. The van der Waals surface area contributed by atoms with Crippen LogP contribution in [0.25, 0.3) is 21.9 Å². The first-order chi connectivity index (χ1) is 17.6. The summed E-state index contributed by atoms with van der Waals surface area (Å²) in [5.74, 6) is 1.34. The third kappa shape index (κ3) is 4.45. The number of carbonyl (C=O) groups is 1. The van der Waals surface area contributed by atoms with E-state index in [2.05, 4.69) is 26.5 Å². The van der Waals surface area contributed by atoms with Crippen molar-refractivity contribution < 1.29 is 9.32 Å². The number of fused-ring (bicyclic) bond motifs is 3. The molecule has 9 nitrogen and oxygen atoms in total. The average molecular weight is 487 g/mol. The number of rotatable bonds is 8. The van der Waals surface area contributed by atoms with Gasteiger partial charge >= 0.3 is 0 Å². The van der Waals surface area contributed by atoms with Gasteiger partial charge in [-0.2, -0.15) is 4.98 Å². The summed E-state index contributed by atoms with van der Waals surface area (Å²) < 4.78 is 8.64. The molecule has 0 unspecified atom stereocenters. The van der Waals surface area contributed by atoms with Gasteiger partial charge in [0.15, 0.2) is 5.82 Å². The van der Waals surface area contributed by atoms with E-state index in [1.165, 1.54) is 29.3 Å². The number of aryl methyl sites for hydroxylation is 1. The summed E-state index contributed by atoms with van der Waals surface area (Å²) >= 11 is 0. The Morgan fingerprint density at radius 1 is 1.25 bits per heavy atom. The van der Waals surface area contributed by atoms with Gasteiger partial charge in [-0.15, -0.1) is 0 Å². The molecule has 0 saturated heterocycles. The second-order valence-corrected chi connectivity index (χ2v) is 10.0. The first-order valence-electron chi connectivity index (χ1n) is 12.8. The standard InChI is InChI=1S/C27H30N6O3/c1-17-7-10-21-20(13-17)24-25(33(21)14-22(34)28-12-11-18-5-3-2-4-6-18)27(35)32(16-29-24)15-23-30-26(31-36-23)19-8-9-19/h5,7,10,13,16,19H,2-4,6,8-9,11-12,14-15H2,1H3,(H,28,34). The summed E-state index contributed by atoms with van der Waals surface area (Å²) in [6.45, 7) is 2.80. The third-order valence-electron chi connectivity index (χ3n) is 7.17. The second-order valence-electron chi connectivity index (χ2n) is 10.0. The number of benzene rings is 1. The highest BCUT2D eigenvalue weighted by molar-refractivity contribution is 6.06. The third-order valence-corrected chi connectivity index (χ3v) is 7.17. The van der Waals surface area contributed by atoms with Crippen molar-refractivity contribution in [1.82, 2.24) is 29.6 Å². The van der Waals surface area contributed by atoms with Gasteiger partial charge in [0.1, 0.15) is 24.1 Å². The van der Waals surface area contributed by atoms with Gasteiger partial charge in [0.05, 0.1) is 11.8 Å². The minimum atomic E-state index is -0.236. The van der Waals surface area contributed by atoms with Crippen LogP contribution in [-0.4, -0.2) is 36.7 Å². The Hall–Kier alpha value is -3.75. The fourth-order valence-corrected chi connectivity index (χ4v) is 5.07. The number of hydrogen-bond acceptors (Lipinski definition) is 6. The first kappa shape index (κ1) is 22.7. The zero-order valence-electron chi connectivity index (χ0n) is 20.5. The Kier molecular flexibility index (Phi) is 5.91. The molecule has 186 valence electrons. The minimum Gasteiger partial charge on any atom is -0.354 e. The van der Waals surface area contributed by atoms with Crippen molar-refractivity contribution in [3.05, 3.63) is 63.8 Å². The van der Waals surface area contributed by atoms with E-state index in [-0.39, 0.29) is 24.6 Å². The molecule has 3 heterocycles. The smallest absolute Gasteiger partial charge is 0.278 e. The van der Waals surface area contributed by atoms with E-state index >= 15 is 0 Å². The lowest BCUT2D eigenvalue weighted by Crippen LogP contribution is -2.30. The maximum Gasteiger partial charge on any atom is 0.278 e. The predicted octanol–water partition coefficient (Wildman–Crippen LogP) is 3.98. The van der Waals surface area contributed by atoms with Gasteiger partial charge in [-0.3, -0.25) is 14.2 Å². The van der Waals surface area contributed by atoms with Crippen LogP contribution < -0.4 is 10.9 Å². The van der Waals surface area contributed by atoms with Crippen LogP contribution in [0.1, 0.15) is 68.1 Å². The first-order valence-corrected chi connectivity index (χ1v) is 12.8. The minimum absolute atomic E-state index is 0.0510. The van der Waals surface area contributed by atoms with Gasteiger partial charge in [-0.1, -0.05) is 28.4 Å². The van der Waals surface area contributed by atoms with Crippen LogP contribution in [-0.2, 0) is 17.9 Å². The van der Waals surface area contributed by atoms with Crippen molar-refractivity contribution in [1.29, 1.82) is 0 Å². The molecule has 9 heteroatoms. The normalized spacial score (nSPS) is 16.0. The van der Waals surface area contributed by atoms with Crippen molar-refractivity contribution in [3.63, 3.8) is 0 Å². The largest absolute Gasteiger partial charge is 0.354 e. The molecule has 2 aliphatic carbocycles. The van der Waals surface area contributed by atoms with Gasteiger partial charge in [0, 0.05) is 17.8 Å². The van der Waals surface area contributed by atoms with Crippen LogP contribution in [0.15, 0.2) is 45.5 Å². The molecule has 1 saturated carbocycles. The fraction of sp³-hybridized carbons (Fsp3) is 0.444. The van der Waals surface area contributed by atoms with Gasteiger partial charge in [0.25, 0.3) is 5.56 Å². The number of allylic oxidation sites excluding steroid dienone is 1. The molecule has 1 aromatic carbocycles. The van der Waals surface area contributed by atoms with Crippen molar-refractivity contribution >= 4 is 27.8 Å². The van der Waals surface area contributed by atoms with E-state index in [1.54, 1.807) is 4.57 Å². The molecule has 0 radical (unpaired) electrons. The molecule has 0 atom stereocenters. The topological polar surface area (TPSA) is 108 Å². The van der Waals surface area contributed by atoms with E-state index in [0.717, 1.165) is 48.6 Å². The zero-order chi connectivity index (χ0) is 24.6. The highest BCUT2D eigenvalue weighted by Crippen LogP contribution is 2.38. The van der Waals surface area contributed by atoms with Crippen LogP contribution in [0, 0.1) is 6.92 Å². The molecular formula is C27H30N6O3. The summed E-state index contributed by atoms with van der Waals surface area (Å²) in [5, 5.41) is 7.95. The molecular weight excluding hydrogens is 456 g/mol. The van der Waals surface area contributed by atoms with Gasteiger partial charge in [0.2, 0.25) is 11.8 Å². The van der Waals surface area contributed by atoms with Gasteiger partial charge < -0.3 is 14.4 Å². The number of carbonyl (C=O) groups excluding carboxylic acids is 1. The molecule has 1 N–H and O–H groups in total. The molecule has 2 aliphatic rings. The molecule has 1 fully saturated rings. The summed E-state index contributed by atoms with van der Waals surface area (Å²) in [6.07, 6.45) is 11.6. The predicted molar refractivity (Wildman–Crippen MR) is 136 cm³/mol. The Morgan fingerprint density at radius 3 is 2.94 bits per heavy atom. The van der Waals surface area contributed by atoms with Gasteiger partial charge in [-0.25, -0.2) is 4.98 Å². The molecule has 36 heavy (non-hydrogen) atoms. The highest BCUT2D eigenvalue weighted by atomic mass is 16.5. The van der Waals surface area contributed by atoms with Crippen molar-refractivity contribution in [2.75, 3.05) is 6.54 Å². The van der Waals surface area contributed by atoms with Crippen LogP contribution >= 0.6 is 0 Å². The summed E-state index contributed by atoms with van der Waals surface area (Å²) in [6, 6.07) is 5.95. The Bertz CT molecular complexity index is 1540. The van der Waals surface area contributed by atoms with Crippen molar-refractivity contribution in [2.24, 2.45) is 0 Å². The molecule has 0 bridgehead atoms.